The molecular weight excluding hydrogens is 240 g/mol. The van der Waals surface area contributed by atoms with E-state index in [0.29, 0.717) is 13.2 Å². The summed E-state index contributed by atoms with van der Waals surface area (Å²) in [5, 5.41) is 0. The van der Waals surface area contributed by atoms with Crippen LogP contribution in [0.1, 0.15) is 18.4 Å². The number of hydrogen-bond acceptors (Lipinski definition) is 4. The molecule has 3 heterocycles. The highest BCUT2D eigenvalue weighted by Crippen LogP contribution is 2.34. The van der Waals surface area contributed by atoms with Crippen LogP contribution in [-0.4, -0.2) is 36.0 Å². The fraction of sp³-hybridized carbons (Fsp3) is 0.533. The topological polar surface area (TPSA) is 55.6 Å². The third kappa shape index (κ3) is 2.38. The highest BCUT2D eigenvalue weighted by Gasteiger charge is 2.50. The molecule has 0 radical (unpaired) electrons. The Balaban J connectivity index is 1.64. The first-order chi connectivity index (χ1) is 9.18. The predicted molar refractivity (Wildman–Crippen MR) is 72.3 cm³/mol. The average Bonchev–Trinajstić information content (AvgIpc) is 2.47. The van der Waals surface area contributed by atoms with E-state index in [9.17, 15) is 4.79 Å². The lowest BCUT2D eigenvalue weighted by Gasteiger charge is -2.49. The van der Waals surface area contributed by atoms with Gasteiger partial charge in [0.1, 0.15) is 12.1 Å². The van der Waals surface area contributed by atoms with Gasteiger partial charge in [-0.15, -0.1) is 0 Å². The molecule has 0 aromatic heterocycles. The number of esters is 1. The molecule has 1 aromatic rings. The molecular formula is C15H20N2O2. The molecule has 4 heteroatoms. The standard InChI is InChI=1S/C15H20N2O2/c16-15(11-17-8-6-13(15)7-9-17)14(18)19-10-12-4-2-1-3-5-12/h1-5,13H,6-11,16H2. The lowest BCUT2D eigenvalue weighted by Crippen LogP contribution is -2.68. The normalized spacial score (nSPS) is 33.1. The fourth-order valence-corrected chi connectivity index (χ4v) is 3.19. The second-order valence-electron chi connectivity index (χ2n) is 5.65. The predicted octanol–water partition coefficient (Wildman–Crippen LogP) is 1.15. The number of carbonyl (C=O) groups excluding carboxylic acids is 1. The van der Waals surface area contributed by atoms with Gasteiger partial charge in [0.15, 0.2) is 0 Å². The summed E-state index contributed by atoms with van der Waals surface area (Å²) in [4.78, 5) is 14.6. The first-order valence-corrected chi connectivity index (χ1v) is 6.91. The van der Waals surface area contributed by atoms with Gasteiger partial charge in [0, 0.05) is 6.54 Å². The van der Waals surface area contributed by atoms with Crippen LogP contribution in [0.2, 0.25) is 0 Å². The molecule has 0 aliphatic carbocycles. The van der Waals surface area contributed by atoms with E-state index in [1.54, 1.807) is 0 Å². The van der Waals surface area contributed by atoms with Gasteiger partial charge >= 0.3 is 5.97 Å². The van der Waals surface area contributed by atoms with Crippen LogP contribution in [0.5, 0.6) is 0 Å². The Morgan fingerprint density at radius 1 is 1.32 bits per heavy atom. The van der Waals surface area contributed by atoms with Crippen molar-refractivity contribution in [3.05, 3.63) is 35.9 Å². The van der Waals surface area contributed by atoms with Crippen molar-refractivity contribution in [1.82, 2.24) is 4.90 Å². The Kier molecular flexibility index (Phi) is 3.29. The number of piperidine rings is 3. The zero-order valence-electron chi connectivity index (χ0n) is 11.0. The molecule has 3 fully saturated rings. The molecule has 102 valence electrons. The molecule has 3 aliphatic heterocycles. The van der Waals surface area contributed by atoms with Crippen molar-refractivity contribution < 1.29 is 9.53 Å². The summed E-state index contributed by atoms with van der Waals surface area (Å²) in [5.74, 6) is 0.0338. The van der Waals surface area contributed by atoms with Crippen LogP contribution in [0.15, 0.2) is 30.3 Å². The van der Waals surface area contributed by atoms with Gasteiger partial charge in [0.05, 0.1) is 0 Å². The van der Waals surface area contributed by atoms with Gasteiger partial charge in [-0.25, -0.2) is 4.79 Å². The quantitative estimate of drug-likeness (QED) is 0.828. The fourth-order valence-electron chi connectivity index (χ4n) is 3.19. The Labute approximate surface area is 113 Å². The zero-order valence-corrected chi connectivity index (χ0v) is 11.0. The smallest absolute Gasteiger partial charge is 0.328 e. The number of nitrogens with zero attached hydrogens (tertiary/aromatic N) is 1. The highest BCUT2D eigenvalue weighted by molar-refractivity contribution is 5.81. The van der Waals surface area contributed by atoms with Crippen LogP contribution in [0.3, 0.4) is 0 Å². The van der Waals surface area contributed by atoms with Gasteiger partial charge in [-0.2, -0.15) is 0 Å². The Morgan fingerprint density at radius 2 is 2.00 bits per heavy atom. The van der Waals surface area contributed by atoms with E-state index in [4.69, 9.17) is 10.5 Å². The van der Waals surface area contributed by atoms with Crippen molar-refractivity contribution in [3.8, 4) is 0 Å². The van der Waals surface area contributed by atoms with Crippen molar-refractivity contribution in [2.45, 2.75) is 25.0 Å². The lowest BCUT2D eigenvalue weighted by molar-refractivity contribution is -0.159. The second-order valence-corrected chi connectivity index (χ2v) is 5.65. The Morgan fingerprint density at radius 3 is 2.58 bits per heavy atom. The maximum atomic E-state index is 12.3. The molecule has 3 aliphatic rings. The van der Waals surface area contributed by atoms with Gasteiger partial charge in [0.25, 0.3) is 0 Å². The van der Waals surface area contributed by atoms with Crippen LogP contribution in [0.4, 0.5) is 0 Å². The highest BCUT2D eigenvalue weighted by atomic mass is 16.5. The molecule has 0 spiro atoms. The first-order valence-electron chi connectivity index (χ1n) is 6.91. The SMILES string of the molecule is NC1(C(=O)OCc2ccccc2)CN2CCC1CC2. The summed E-state index contributed by atoms with van der Waals surface area (Å²) in [5.41, 5.74) is 6.54. The second kappa shape index (κ2) is 4.94. The number of carbonyl (C=O) groups is 1. The minimum Gasteiger partial charge on any atom is -0.459 e. The molecule has 3 saturated heterocycles. The number of hydrogen-bond donors (Lipinski definition) is 1. The van der Waals surface area contributed by atoms with Crippen LogP contribution in [-0.2, 0) is 16.1 Å². The monoisotopic (exact) mass is 260 g/mol. The molecule has 1 unspecified atom stereocenters. The summed E-state index contributed by atoms with van der Waals surface area (Å²) in [6.07, 6.45) is 2.02. The van der Waals surface area contributed by atoms with Crippen LogP contribution < -0.4 is 5.73 Å². The van der Waals surface area contributed by atoms with Crippen LogP contribution in [0, 0.1) is 5.92 Å². The minimum absolute atomic E-state index is 0.245. The molecule has 1 aromatic carbocycles. The summed E-state index contributed by atoms with van der Waals surface area (Å²) < 4.78 is 5.43. The Hall–Kier alpha value is -1.39. The van der Waals surface area contributed by atoms with E-state index >= 15 is 0 Å². The third-order valence-electron chi connectivity index (χ3n) is 4.39. The van der Waals surface area contributed by atoms with E-state index in [2.05, 4.69) is 4.90 Å². The summed E-state index contributed by atoms with van der Waals surface area (Å²) in [6, 6.07) is 9.73. The molecule has 19 heavy (non-hydrogen) atoms. The van der Waals surface area contributed by atoms with E-state index in [0.717, 1.165) is 31.5 Å². The van der Waals surface area contributed by atoms with Crippen molar-refractivity contribution in [2.75, 3.05) is 19.6 Å². The lowest BCUT2D eigenvalue weighted by atomic mass is 9.73. The van der Waals surface area contributed by atoms with Crippen LogP contribution in [0.25, 0.3) is 0 Å². The summed E-state index contributed by atoms with van der Waals surface area (Å²) >= 11 is 0. The van der Waals surface area contributed by atoms with Crippen molar-refractivity contribution in [1.29, 1.82) is 0 Å². The van der Waals surface area contributed by atoms with Crippen LogP contribution >= 0.6 is 0 Å². The van der Waals surface area contributed by atoms with E-state index in [1.807, 2.05) is 30.3 Å². The summed E-state index contributed by atoms with van der Waals surface area (Å²) in [6.45, 7) is 3.09. The molecule has 2 N–H and O–H groups in total. The molecule has 0 amide bonds. The van der Waals surface area contributed by atoms with Crippen molar-refractivity contribution in [2.24, 2.45) is 11.7 Å². The maximum Gasteiger partial charge on any atom is 0.328 e. The van der Waals surface area contributed by atoms with Gasteiger partial charge in [-0.3, -0.25) is 0 Å². The number of ether oxygens (including phenoxy) is 1. The molecule has 1 atom stereocenters. The number of rotatable bonds is 3. The van der Waals surface area contributed by atoms with Crippen molar-refractivity contribution in [3.63, 3.8) is 0 Å². The molecule has 2 bridgehead atoms. The third-order valence-corrected chi connectivity index (χ3v) is 4.39. The Bertz CT molecular complexity index is 454. The van der Waals surface area contributed by atoms with E-state index in [-0.39, 0.29) is 11.9 Å². The van der Waals surface area contributed by atoms with E-state index < -0.39 is 5.54 Å². The molecule has 4 nitrogen and oxygen atoms in total. The van der Waals surface area contributed by atoms with E-state index in [1.165, 1.54) is 0 Å². The minimum atomic E-state index is -0.800. The van der Waals surface area contributed by atoms with Gasteiger partial charge in [-0.1, -0.05) is 30.3 Å². The van der Waals surface area contributed by atoms with Gasteiger partial charge in [-0.05, 0) is 37.4 Å². The zero-order chi connectivity index (χ0) is 13.3. The van der Waals surface area contributed by atoms with Gasteiger partial charge < -0.3 is 15.4 Å². The number of nitrogens with two attached hydrogens (primary N) is 1. The number of fused-ring (bicyclic) bond motifs is 3. The maximum absolute atomic E-state index is 12.3. The summed E-state index contributed by atoms with van der Waals surface area (Å²) in [7, 11) is 0. The average molecular weight is 260 g/mol. The molecule has 0 saturated carbocycles. The molecule has 4 rings (SSSR count). The first kappa shape index (κ1) is 12.6. The largest absolute Gasteiger partial charge is 0.459 e. The van der Waals surface area contributed by atoms with Crippen molar-refractivity contribution >= 4 is 5.97 Å². The number of benzene rings is 1. The van der Waals surface area contributed by atoms with Gasteiger partial charge in [0.2, 0.25) is 0 Å².